The third kappa shape index (κ3) is 3.39. The minimum Gasteiger partial charge on any atom is -0.493 e. The van der Waals surface area contributed by atoms with Crippen LogP contribution >= 0.6 is 0 Å². The monoisotopic (exact) mass is 294 g/mol. The van der Waals surface area contributed by atoms with E-state index in [1.165, 1.54) is 14.2 Å². The first kappa shape index (κ1) is 15.4. The zero-order valence-electron chi connectivity index (χ0n) is 12.7. The molecular weight excluding hydrogens is 272 g/mol. The molecule has 0 unspecified atom stereocenters. The highest BCUT2D eigenvalue weighted by atomic mass is 16.5. The van der Waals surface area contributed by atoms with Crippen LogP contribution in [0.3, 0.4) is 0 Å². The first-order chi connectivity index (χ1) is 10.2. The van der Waals surface area contributed by atoms with Gasteiger partial charge in [-0.05, 0) is 38.1 Å². The lowest BCUT2D eigenvalue weighted by atomic mass is 10.1. The fraction of sp³-hybridized carbons (Fsp3) is 0.533. The van der Waals surface area contributed by atoms with Gasteiger partial charge in [-0.25, -0.2) is 0 Å². The van der Waals surface area contributed by atoms with Crippen LogP contribution < -0.4 is 24.8 Å². The average Bonchev–Trinajstić information content (AvgIpc) is 2.53. The fourth-order valence-electron chi connectivity index (χ4n) is 2.51. The Labute approximate surface area is 124 Å². The highest BCUT2D eigenvalue weighted by Gasteiger charge is 2.23. The Morgan fingerprint density at radius 3 is 2.33 bits per heavy atom. The Kier molecular flexibility index (Phi) is 5.27. The predicted octanol–water partition coefficient (Wildman–Crippen LogP) is 1.19. The summed E-state index contributed by atoms with van der Waals surface area (Å²) in [6, 6.07) is 3.59. The van der Waals surface area contributed by atoms with Crippen LogP contribution in [0.5, 0.6) is 17.2 Å². The third-order valence-electron chi connectivity index (χ3n) is 3.62. The van der Waals surface area contributed by atoms with E-state index in [-0.39, 0.29) is 11.9 Å². The molecule has 0 atom stereocenters. The summed E-state index contributed by atoms with van der Waals surface area (Å²) in [6.07, 6.45) is 1.86. The molecular formula is C15H22N2O4. The molecule has 2 N–H and O–H groups in total. The number of methoxy groups -OCH3 is 3. The summed E-state index contributed by atoms with van der Waals surface area (Å²) >= 11 is 0. The number of rotatable bonds is 5. The lowest BCUT2D eigenvalue weighted by Crippen LogP contribution is -2.42. The average molecular weight is 294 g/mol. The summed E-state index contributed by atoms with van der Waals surface area (Å²) in [7, 11) is 4.58. The molecule has 0 radical (unpaired) electrons. The molecule has 1 aliphatic rings. The minimum absolute atomic E-state index is 0.153. The van der Waals surface area contributed by atoms with Crippen molar-refractivity contribution < 1.29 is 19.0 Å². The molecule has 2 rings (SSSR count). The molecule has 1 heterocycles. The molecule has 116 valence electrons. The standard InChI is InChI=1S/C15H22N2O4/c1-19-12-5-4-11(13(20-2)14(12)21-3)15(18)17-10-6-8-16-9-7-10/h4-5,10,16H,6-9H2,1-3H3,(H,17,18). The number of piperidine rings is 1. The maximum atomic E-state index is 12.5. The Bertz CT molecular complexity index is 499. The summed E-state index contributed by atoms with van der Waals surface area (Å²) in [5.74, 6) is 1.20. The number of carbonyl (C=O) groups excluding carboxylic acids is 1. The van der Waals surface area contributed by atoms with Crippen LogP contribution in [-0.4, -0.2) is 46.4 Å². The summed E-state index contributed by atoms with van der Waals surface area (Å²) in [6.45, 7) is 1.85. The number of hydrogen-bond donors (Lipinski definition) is 2. The van der Waals surface area contributed by atoms with Gasteiger partial charge in [-0.1, -0.05) is 0 Å². The van der Waals surface area contributed by atoms with Gasteiger partial charge in [0.2, 0.25) is 5.75 Å². The molecule has 1 saturated heterocycles. The van der Waals surface area contributed by atoms with Gasteiger partial charge < -0.3 is 24.8 Å². The van der Waals surface area contributed by atoms with Crippen molar-refractivity contribution in [1.29, 1.82) is 0 Å². The van der Waals surface area contributed by atoms with Crippen molar-refractivity contribution in [1.82, 2.24) is 10.6 Å². The van der Waals surface area contributed by atoms with Crippen molar-refractivity contribution >= 4 is 5.91 Å². The molecule has 0 aliphatic carbocycles. The maximum Gasteiger partial charge on any atom is 0.255 e. The molecule has 6 heteroatoms. The normalized spacial score (nSPS) is 15.4. The molecule has 1 aromatic rings. The fourth-order valence-corrected chi connectivity index (χ4v) is 2.51. The molecule has 0 saturated carbocycles. The number of ether oxygens (including phenoxy) is 3. The zero-order valence-corrected chi connectivity index (χ0v) is 12.7. The molecule has 0 bridgehead atoms. The summed E-state index contributed by atoms with van der Waals surface area (Å²) in [5, 5.41) is 6.31. The SMILES string of the molecule is COc1ccc(C(=O)NC2CCNCC2)c(OC)c1OC. The van der Waals surface area contributed by atoms with Gasteiger partial charge in [0, 0.05) is 6.04 Å². The molecule has 21 heavy (non-hydrogen) atoms. The van der Waals surface area contributed by atoms with Crippen LogP contribution in [0.25, 0.3) is 0 Å². The van der Waals surface area contributed by atoms with Crippen molar-refractivity contribution in [3.8, 4) is 17.2 Å². The number of carbonyl (C=O) groups is 1. The van der Waals surface area contributed by atoms with E-state index in [0.717, 1.165) is 25.9 Å². The van der Waals surface area contributed by atoms with Gasteiger partial charge in [-0.3, -0.25) is 4.79 Å². The second kappa shape index (κ2) is 7.17. The van der Waals surface area contributed by atoms with E-state index in [2.05, 4.69) is 10.6 Å². The smallest absolute Gasteiger partial charge is 0.255 e. The van der Waals surface area contributed by atoms with Crippen LogP contribution in [0.4, 0.5) is 0 Å². The van der Waals surface area contributed by atoms with E-state index < -0.39 is 0 Å². The third-order valence-corrected chi connectivity index (χ3v) is 3.62. The lowest BCUT2D eigenvalue weighted by molar-refractivity contribution is 0.0925. The highest BCUT2D eigenvalue weighted by molar-refractivity contribution is 5.98. The molecule has 1 aliphatic heterocycles. The second-order valence-electron chi connectivity index (χ2n) is 4.88. The summed E-state index contributed by atoms with van der Waals surface area (Å²) in [4.78, 5) is 12.5. The highest BCUT2D eigenvalue weighted by Crippen LogP contribution is 2.39. The molecule has 1 fully saturated rings. The van der Waals surface area contributed by atoms with Crippen LogP contribution in [0.2, 0.25) is 0 Å². The number of nitrogens with one attached hydrogen (secondary N) is 2. The lowest BCUT2D eigenvalue weighted by Gasteiger charge is -2.24. The van der Waals surface area contributed by atoms with Gasteiger partial charge in [0.05, 0.1) is 26.9 Å². The van der Waals surface area contributed by atoms with Crippen LogP contribution in [-0.2, 0) is 0 Å². The van der Waals surface area contributed by atoms with Crippen molar-refractivity contribution in [2.75, 3.05) is 34.4 Å². The second-order valence-corrected chi connectivity index (χ2v) is 4.88. The number of hydrogen-bond acceptors (Lipinski definition) is 5. The zero-order chi connectivity index (χ0) is 15.2. The Morgan fingerprint density at radius 1 is 1.10 bits per heavy atom. The van der Waals surface area contributed by atoms with Crippen molar-refractivity contribution in [3.05, 3.63) is 17.7 Å². The molecule has 1 aromatic carbocycles. The first-order valence-electron chi connectivity index (χ1n) is 7.01. The number of amides is 1. The number of benzene rings is 1. The Hall–Kier alpha value is -1.95. The van der Waals surface area contributed by atoms with E-state index in [1.54, 1.807) is 19.2 Å². The van der Waals surface area contributed by atoms with Gasteiger partial charge in [0.1, 0.15) is 0 Å². The van der Waals surface area contributed by atoms with E-state index in [0.29, 0.717) is 22.8 Å². The van der Waals surface area contributed by atoms with Crippen LogP contribution in [0.15, 0.2) is 12.1 Å². The topological polar surface area (TPSA) is 68.8 Å². The largest absolute Gasteiger partial charge is 0.493 e. The van der Waals surface area contributed by atoms with Crippen LogP contribution in [0, 0.1) is 0 Å². The molecule has 0 spiro atoms. The van der Waals surface area contributed by atoms with Gasteiger partial charge in [-0.2, -0.15) is 0 Å². The minimum atomic E-state index is -0.153. The van der Waals surface area contributed by atoms with Gasteiger partial charge in [0.15, 0.2) is 11.5 Å². The van der Waals surface area contributed by atoms with Crippen LogP contribution in [0.1, 0.15) is 23.2 Å². The van der Waals surface area contributed by atoms with E-state index in [9.17, 15) is 4.79 Å². The summed E-state index contributed by atoms with van der Waals surface area (Å²) in [5.41, 5.74) is 0.452. The molecule has 6 nitrogen and oxygen atoms in total. The molecule has 1 amide bonds. The Balaban J connectivity index is 2.23. The van der Waals surface area contributed by atoms with E-state index in [4.69, 9.17) is 14.2 Å². The van der Waals surface area contributed by atoms with E-state index >= 15 is 0 Å². The van der Waals surface area contributed by atoms with Crippen molar-refractivity contribution in [2.45, 2.75) is 18.9 Å². The van der Waals surface area contributed by atoms with E-state index in [1.807, 2.05) is 0 Å². The van der Waals surface area contributed by atoms with Crippen molar-refractivity contribution in [3.63, 3.8) is 0 Å². The Morgan fingerprint density at radius 2 is 1.76 bits per heavy atom. The van der Waals surface area contributed by atoms with Crippen molar-refractivity contribution in [2.24, 2.45) is 0 Å². The maximum absolute atomic E-state index is 12.5. The predicted molar refractivity (Wildman–Crippen MR) is 79.5 cm³/mol. The summed E-state index contributed by atoms with van der Waals surface area (Å²) < 4.78 is 15.9. The van der Waals surface area contributed by atoms with Gasteiger partial charge in [0.25, 0.3) is 5.91 Å². The first-order valence-corrected chi connectivity index (χ1v) is 7.01. The molecule has 0 aromatic heterocycles. The quantitative estimate of drug-likeness (QED) is 0.854. The van der Waals surface area contributed by atoms with Gasteiger partial charge in [-0.15, -0.1) is 0 Å². The van der Waals surface area contributed by atoms with Gasteiger partial charge >= 0.3 is 0 Å².